The van der Waals surface area contributed by atoms with E-state index in [1.54, 1.807) is 25.2 Å². The summed E-state index contributed by atoms with van der Waals surface area (Å²) in [6, 6.07) is 5.93. The lowest BCUT2D eigenvalue weighted by Gasteiger charge is -2.30. The van der Waals surface area contributed by atoms with E-state index in [0.29, 0.717) is 18.7 Å². The minimum absolute atomic E-state index is 0. The van der Waals surface area contributed by atoms with E-state index in [4.69, 9.17) is 0 Å². The Hall–Kier alpha value is -1.19. The molecule has 3 rings (SSSR count). The van der Waals surface area contributed by atoms with Crippen molar-refractivity contribution in [2.45, 2.75) is 61.6 Å². The second-order valence-corrected chi connectivity index (χ2v) is 9.18. The number of nitrogens with zero attached hydrogens (tertiary/aromatic N) is 1. The van der Waals surface area contributed by atoms with Gasteiger partial charge in [0, 0.05) is 25.3 Å². The van der Waals surface area contributed by atoms with Gasteiger partial charge in [0.15, 0.2) is 0 Å². The van der Waals surface area contributed by atoms with Crippen LogP contribution >= 0.6 is 12.4 Å². The van der Waals surface area contributed by atoms with Crippen molar-refractivity contribution in [1.29, 1.82) is 0 Å². The number of nitrogens with one attached hydrogen (secondary N) is 2. The largest absolute Gasteiger partial charge is 0.392 e. The molecule has 27 heavy (non-hydrogen) atoms. The van der Waals surface area contributed by atoms with Crippen molar-refractivity contribution in [3.05, 3.63) is 24.3 Å². The van der Waals surface area contributed by atoms with Crippen LogP contribution in [0.3, 0.4) is 0 Å². The molecule has 0 bridgehead atoms. The van der Waals surface area contributed by atoms with Gasteiger partial charge < -0.3 is 15.7 Å². The highest BCUT2D eigenvalue weighted by Gasteiger charge is 2.30. The maximum absolute atomic E-state index is 12.9. The average Bonchev–Trinajstić information content (AvgIpc) is 3.08. The average molecular weight is 418 g/mol. The normalized spacial score (nSPS) is 23.8. The Bertz CT molecular complexity index is 753. The van der Waals surface area contributed by atoms with E-state index in [2.05, 4.69) is 10.6 Å². The number of benzene rings is 1. The molecule has 0 aromatic heterocycles. The molecule has 1 aliphatic carbocycles. The maximum Gasteiger partial charge on any atom is 0.243 e. The molecule has 1 heterocycles. The number of carbonyl (C=O) groups excluding carboxylic acids is 1. The Morgan fingerprint density at radius 1 is 1.26 bits per heavy atom. The lowest BCUT2D eigenvalue weighted by atomic mass is 9.96. The Balaban J connectivity index is 0.00000261. The predicted octanol–water partition coefficient (Wildman–Crippen LogP) is 1.72. The molecule has 0 radical (unpaired) electrons. The van der Waals surface area contributed by atoms with Gasteiger partial charge >= 0.3 is 0 Å². The van der Waals surface area contributed by atoms with Crippen LogP contribution in [-0.4, -0.2) is 55.5 Å². The van der Waals surface area contributed by atoms with Crippen molar-refractivity contribution < 1.29 is 18.3 Å². The van der Waals surface area contributed by atoms with Crippen molar-refractivity contribution in [2.75, 3.05) is 18.9 Å². The van der Waals surface area contributed by atoms with Gasteiger partial charge in [0.05, 0.1) is 17.0 Å². The lowest BCUT2D eigenvalue weighted by Crippen LogP contribution is -2.38. The van der Waals surface area contributed by atoms with Gasteiger partial charge in [0.1, 0.15) is 0 Å². The number of carbonyl (C=O) groups is 1. The minimum Gasteiger partial charge on any atom is -0.392 e. The van der Waals surface area contributed by atoms with E-state index in [-0.39, 0.29) is 29.3 Å². The number of hydrogen-bond acceptors (Lipinski definition) is 5. The van der Waals surface area contributed by atoms with Gasteiger partial charge in [-0.15, -0.1) is 12.4 Å². The van der Waals surface area contributed by atoms with Crippen molar-refractivity contribution in [3.8, 4) is 0 Å². The molecular formula is C18H28ClN3O4S. The number of sulfonamides is 1. The molecule has 1 saturated carbocycles. The smallest absolute Gasteiger partial charge is 0.243 e. The first-order chi connectivity index (χ1) is 12.4. The van der Waals surface area contributed by atoms with Gasteiger partial charge in [0.25, 0.3) is 0 Å². The lowest BCUT2D eigenvalue weighted by molar-refractivity contribution is -0.117. The van der Waals surface area contributed by atoms with Gasteiger partial charge in [-0.25, -0.2) is 8.42 Å². The number of halogens is 1. The summed E-state index contributed by atoms with van der Waals surface area (Å²) in [5, 5.41) is 15.2. The minimum atomic E-state index is -3.60. The second-order valence-electron chi connectivity index (χ2n) is 7.18. The highest BCUT2D eigenvalue weighted by Crippen LogP contribution is 2.27. The highest BCUT2D eigenvalue weighted by molar-refractivity contribution is 7.89. The first-order valence-corrected chi connectivity index (χ1v) is 10.6. The summed E-state index contributed by atoms with van der Waals surface area (Å²) in [6.07, 6.45) is 4.89. The zero-order chi connectivity index (χ0) is 18.7. The summed E-state index contributed by atoms with van der Waals surface area (Å²) in [5.74, 6) is -0.267. The van der Waals surface area contributed by atoms with E-state index in [9.17, 15) is 18.3 Å². The summed E-state index contributed by atoms with van der Waals surface area (Å²) < 4.78 is 27.3. The highest BCUT2D eigenvalue weighted by atomic mass is 35.5. The summed E-state index contributed by atoms with van der Waals surface area (Å²) in [5.41, 5.74) is 0.441. The molecule has 2 atom stereocenters. The Morgan fingerprint density at radius 2 is 1.96 bits per heavy atom. The zero-order valence-electron chi connectivity index (χ0n) is 15.4. The van der Waals surface area contributed by atoms with Crippen LogP contribution in [0.4, 0.5) is 5.69 Å². The number of amides is 1. The van der Waals surface area contributed by atoms with Gasteiger partial charge in [-0.2, -0.15) is 4.31 Å². The van der Waals surface area contributed by atoms with E-state index in [1.807, 2.05) is 0 Å². The standard InChI is InChI=1S/C18H27N3O4S.ClH/c1-21(14-7-3-2-4-8-14)26(24,25)16-9-5-6-13(10-16)20-18(23)17-11-15(22)12-19-17;/h5-6,9-10,14-15,17,19,22H,2-4,7-8,11-12H2,1H3,(H,20,23);1H. The molecule has 2 fully saturated rings. The van der Waals surface area contributed by atoms with Gasteiger partial charge in [-0.05, 0) is 37.5 Å². The summed E-state index contributed by atoms with van der Waals surface area (Å²) in [7, 11) is -1.96. The number of aliphatic hydroxyl groups is 1. The van der Waals surface area contributed by atoms with Gasteiger partial charge in [-0.3, -0.25) is 4.79 Å². The number of anilines is 1. The van der Waals surface area contributed by atoms with Crippen LogP contribution in [0.15, 0.2) is 29.2 Å². The predicted molar refractivity (Wildman–Crippen MR) is 107 cm³/mol. The molecule has 7 nitrogen and oxygen atoms in total. The fraction of sp³-hybridized carbons (Fsp3) is 0.611. The summed E-state index contributed by atoms with van der Waals surface area (Å²) in [6.45, 7) is 0.388. The van der Waals surface area contributed by atoms with Crippen molar-refractivity contribution in [2.24, 2.45) is 0 Å². The van der Waals surface area contributed by atoms with Gasteiger partial charge in [-0.1, -0.05) is 25.3 Å². The first kappa shape index (κ1) is 22.1. The monoisotopic (exact) mass is 417 g/mol. The molecule has 2 aliphatic rings. The number of hydrogen-bond donors (Lipinski definition) is 3. The second kappa shape index (κ2) is 9.34. The van der Waals surface area contributed by atoms with Crippen LogP contribution in [0.1, 0.15) is 38.5 Å². The molecular weight excluding hydrogens is 390 g/mol. The Labute approximate surface area is 167 Å². The van der Waals surface area contributed by atoms with E-state index < -0.39 is 22.2 Å². The van der Waals surface area contributed by atoms with Crippen LogP contribution in [0.25, 0.3) is 0 Å². The molecule has 152 valence electrons. The fourth-order valence-electron chi connectivity index (χ4n) is 3.69. The molecule has 9 heteroatoms. The molecule has 1 saturated heterocycles. The van der Waals surface area contributed by atoms with Crippen molar-refractivity contribution in [1.82, 2.24) is 9.62 Å². The summed E-state index contributed by atoms with van der Waals surface area (Å²) >= 11 is 0. The molecule has 1 amide bonds. The number of β-amino-alcohol motifs (C(OH)–C–C–N with tert-alkyl or cyclic N) is 1. The zero-order valence-corrected chi connectivity index (χ0v) is 17.1. The van der Waals surface area contributed by atoms with Crippen LogP contribution in [0, 0.1) is 0 Å². The SMILES string of the molecule is CN(C1CCCCC1)S(=O)(=O)c1cccc(NC(=O)C2CC(O)CN2)c1.Cl. The third-order valence-corrected chi connectivity index (χ3v) is 7.20. The molecule has 2 unspecified atom stereocenters. The molecule has 0 spiro atoms. The third kappa shape index (κ3) is 5.20. The van der Waals surface area contributed by atoms with Gasteiger partial charge in [0.2, 0.25) is 15.9 Å². The van der Waals surface area contributed by atoms with E-state index in [1.165, 1.54) is 10.4 Å². The molecule has 1 aromatic carbocycles. The Morgan fingerprint density at radius 3 is 2.59 bits per heavy atom. The quantitative estimate of drug-likeness (QED) is 0.677. The van der Waals surface area contributed by atoms with Crippen LogP contribution in [-0.2, 0) is 14.8 Å². The third-order valence-electron chi connectivity index (χ3n) is 5.29. The van der Waals surface area contributed by atoms with Crippen molar-refractivity contribution >= 4 is 34.0 Å². The fourth-order valence-corrected chi connectivity index (χ4v) is 5.15. The van der Waals surface area contributed by atoms with Crippen LogP contribution < -0.4 is 10.6 Å². The number of aliphatic hydroxyl groups excluding tert-OH is 1. The summed E-state index contributed by atoms with van der Waals surface area (Å²) in [4.78, 5) is 12.4. The first-order valence-electron chi connectivity index (χ1n) is 9.18. The van der Waals surface area contributed by atoms with E-state index in [0.717, 1.165) is 32.1 Å². The Kier molecular flexibility index (Phi) is 7.64. The molecule has 1 aromatic rings. The maximum atomic E-state index is 12.9. The molecule has 1 aliphatic heterocycles. The van der Waals surface area contributed by atoms with Crippen LogP contribution in [0.2, 0.25) is 0 Å². The topological polar surface area (TPSA) is 98.7 Å². The molecule has 3 N–H and O–H groups in total. The number of rotatable bonds is 5. The van der Waals surface area contributed by atoms with E-state index >= 15 is 0 Å². The van der Waals surface area contributed by atoms with Crippen LogP contribution in [0.5, 0.6) is 0 Å². The van der Waals surface area contributed by atoms with Crippen molar-refractivity contribution in [3.63, 3.8) is 0 Å².